The summed E-state index contributed by atoms with van der Waals surface area (Å²) in [6.07, 6.45) is 9.50. The first-order valence-corrected chi connectivity index (χ1v) is 15.3. The fraction of sp³-hybridized carbons (Fsp3) is 0.429. The second kappa shape index (κ2) is 12.4. The van der Waals surface area contributed by atoms with Gasteiger partial charge >= 0.3 is 5.97 Å². The molecule has 0 amide bonds. The highest BCUT2D eigenvalue weighted by Crippen LogP contribution is 2.53. The summed E-state index contributed by atoms with van der Waals surface area (Å²) in [7, 11) is 0. The summed E-state index contributed by atoms with van der Waals surface area (Å²) in [6, 6.07) is 16.6. The third kappa shape index (κ3) is 4.98. The van der Waals surface area contributed by atoms with E-state index in [-0.39, 0.29) is 5.97 Å². The van der Waals surface area contributed by atoms with Crippen LogP contribution in [0.4, 0.5) is 5.69 Å². The molecule has 0 saturated carbocycles. The average Bonchev–Trinajstić information content (AvgIpc) is 3.45. The van der Waals surface area contributed by atoms with Gasteiger partial charge < -0.3 is 18.9 Å². The average molecular weight is 554 g/mol. The molecule has 0 fully saturated rings. The van der Waals surface area contributed by atoms with E-state index in [1.54, 1.807) is 18.5 Å². The highest BCUT2D eigenvalue weighted by molar-refractivity contribution is 5.98. The lowest BCUT2D eigenvalue weighted by Gasteiger charge is -2.33. The lowest BCUT2D eigenvalue weighted by Crippen LogP contribution is -2.31. The molecule has 6 heteroatoms. The molecule has 0 saturated heterocycles. The SMILES string of the molecule is CCCCCCCn1c(C)c(C2(c3ccc(N(CC)CC)cc3OCC)OC(=O)c3ccncc32)c2ccccc21. The van der Waals surface area contributed by atoms with Crippen molar-refractivity contribution in [3.63, 3.8) is 0 Å². The van der Waals surface area contributed by atoms with Gasteiger partial charge in [-0.15, -0.1) is 0 Å². The Morgan fingerprint density at radius 1 is 0.951 bits per heavy atom. The summed E-state index contributed by atoms with van der Waals surface area (Å²) in [5.74, 6) is 0.380. The van der Waals surface area contributed by atoms with Gasteiger partial charge in [-0.2, -0.15) is 0 Å². The Bertz CT molecular complexity index is 1520. The fourth-order valence-electron chi connectivity index (χ4n) is 6.52. The quantitative estimate of drug-likeness (QED) is 0.124. The van der Waals surface area contributed by atoms with Crippen LogP contribution < -0.4 is 9.64 Å². The first kappa shape index (κ1) is 28.7. The number of rotatable bonds is 13. The summed E-state index contributed by atoms with van der Waals surface area (Å²) >= 11 is 0. The predicted octanol–water partition coefficient (Wildman–Crippen LogP) is 8.02. The van der Waals surface area contributed by atoms with Crippen LogP contribution in [0, 0.1) is 6.92 Å². The molecule has 216 valence electrons. The molecular formula is C35H43N3O3. The molecule has 2 aromatic carbocycles. The Kier molecular flexibility index (Phi) is 8.67. The van der Waals surface area contributed by atoms with Crippen molar-refractivity contribution in [2.45, 2.75) is 78.9 Å². The molecule has 1 aliphatic heterocycles. The van der Waals surface area contributed by atoms with Crippen LogP contribution in [0.1, 0.15) is 92.5 Å². The van der Waals surface area contributed by atoms with Gasteiger partial charge in [0.25, 0.3) is 0 Å². The van der Waals surface area contributed by atoms with E-state index in [0.29, 0.717) is 12.2 Å². The minimum absolute atomic E-state index is 0.339. The number of aryl methyl sites for hydroxylation is 1. The van der Waals surface area contributed by atoms with E-state index in [4.69, 9.17) is 9.47 Å². The van der Waals surface area contributed by atoms with E-state index in [1.807, 2.05) is 6.92 Å². The van der Waals surface area contributed by atoms with Gasteiger partial charge in [0, 0.05) is 77.1 Å². The maximum Gasteiger partial charge on any atom is 0.340 e. The van der Waals surface area contributed by atoms with E-state index in [2.05, 4.69) is 84.6 Å². The van der Waals surface area contributed by atoms with Gasteiger partial charge in [-0.1, -0.05) is 50.8 Å². The Hall–Kier alpha value is -3.80. The Morgan fingerprint density at radius 2 is 1.73 bits per heavy atom. The number of cyclic esters (lactones) is 1. The standard InChI is InChI=1S/C35H43N3O3/c1-6-10-11-12-15-22-38-25(5)33(28-16-13-14-17-31(28)38)35(30-24-36-21-20-27(30)34(39)41-35)29-19-18-26(37(7-2)8-3)23-32(29)40-9-4/h13-14,16-21,23-24H,6-12,15,22H2,1-5H3. The summed E-state index contributed by atoms with van der Waals surface area (Å²) in [5, 5.41) is 1.08. The van der Waals surface area contributed by atoms with Crippen molar-refractivity contribution in [1.82, 2.24) is 9.55 Å². The number of benzene rings is 2. The smallest absolute Gasteiger partial charge is 0.340 e. The van der Waals surface area contributed by atoms with Crippen molar-refractivity contribution in [2.24, 2.45) is 0 Å². The Balaban J connectivity index is 1.78. The van der Waals surface area contributed by atoms with Gasteiger partial charge in [0.05, 0.1) is 12.2 Å². The van der Waals surface area contributed by atoms with Gasteiger partial charge in [0.15, 0.2) is 5.60 Å². The largest absolute Gasteiger partial charge is 0.493 e. The zero-order valence-corrected chi connectivity index (χ0v) is 25.2. The molecule has 41 heavy (non-hydrogen) atoms. The lowest BCUT2D eigenvalue weighted by molar-refractivity contribution is 0.0245. The summed E-state index contributed by atoms with van der Waals surface area (Å²) in [6.45, 7) is 13.9. The van der Waals surface area contributed by atoms with E-state index in [9.17, 15) is 4.79 Å². The number of hydrogen-bond acceptors (Lipinski definition) is 5. The molecule has 6 nitrogen and oxygen atoms in total. The molecule has 0 spiro atoms. The monoisotopic (exact) mass is 553 g/mol. The number of esters is 1. The van der Waals surface area contributed by atoms with Crippen molar-refractivity contribution >= 4 is 22.6 Å². The van der Waals surface area contributed by atoms with Crippen molar-refractivity contribution in [3.05, 3.63) is 88.9 Å². The van der Waals surface area contributed by atoms with Gasteiger partial charge in [0.1, 0.15) is 5.75 Å². The second-order valence-corrected chi connectivity index (χ2v) is 10.8. The number of aromatic nitrogens is 2. The maximum atomic E-state index is 13.6. The van der Waals surface area contributed by atoms with Crippen molar-refractivity contribution in [1.29, 1.82) is 0 Å². The van der Waals surface area contributed by atoms with E-state index in [1.165, 1.54) is 25.7 Å². The van der Waals surface area contributed by atoms with Crippen LogP contribution >= 0.6 is 0 Å². The summed E-state index contributed by atoms with van der Waals surface area (Å²) in [5.41, 5.74) is 5.26. The van der Waals surface area contributed by atoms with Crippen LogP contribution in [0.3, 0.4) is 0 Å². The lowest BCUT2D eigenvalue weighted by atomic mass is 9.78. The van der Waals surface area contributed by atoms with Crippen LogP contribution in [-0.4, -0.2) is 35.2 Å². The number of nitrogens with zero attached hydrogens (tertiary/aromatic N) is 3. The topological polar surface area (TPSA) is 56.6 Å². The minimum atomic E-state index is -1.19. The van der Waals surface area contributed by atoms with Crippen LogP contribution in [-0.2, 0) is 16.9 Å². The number of ether oxygens (including phenoxy) is 2. The van der Waals surface area contributed by atoms with Gasteiger partial charge in [0.2, 0.25) is 0 Å². The van der Waals surface area contributed by atoms with Crippen molar-refractivity contribution < 1.29 is 14.3 Å². The van der Waals surface area contributed by atoms with E-state index < -0.39 is 5.60 Å². The number of hydrogen-bond donors (Lipinski definition) is 0. The predicted molar refractivity (Wildman–Crippen MR) is 166 cm³/mol. The second-order valence-electron chi connectivity index (χ2n) is 10.8. The number of para-hydroxylation sites is 1. The van der Waals surface area contributed by atoms with Gasteiger partial charge in [-0.05, 0) is 58.4 Å². The highest BCUT2D eigenvalue weighted by atomic mass is 16.6. The Labute approximate surface area is 244 Å². The zero-order chi connectivity index (χ0) is 29.0. The molecule has 1 aliphatic rings. The summed E-state index contributed by atoms with van der Waals surface area (Å²) < 4.78 is 15.4. The molecule has 1 atom stereocenters. The van der Waals surface area contributed by atoms with Crippen molar-refractivity contribution in [3.8, 4) is 5.75 Å². The number of fused-ring (bicyclic) bond motifs is 2. The number of unbranched alkanes of at least 4 members (excludes halogenated alkanes) is 4. The highest BCUT2D eigenvalue weighted by Gasteiger charge is 2.53. The van der Waals surface area contributed by atoms with Crippen LogP contribution in [0.25, 0.3) is 10.9 Å². The third-order valence-electron chi connectivity index (χ3n) is 8.51. The molecule has 1 unspecified atom stereocenters. The normalized spacial score (nSPS) is 16.2. The number of carbonyl (C=O) groups excluding carboxylic acids is 1. The molecule has 0 radical (unpaired) electrons. The molecule has 2 aromatic heterocycles. The van der Waals surface area contributed by atoms with Gasteiger partial charge in [-0.25, -0.2) is 4.79 Å². The first-order chi connectivity index (χ1) is 20.0. The molecule has 0 N–H and O–H groups in total. The number of carbonyl (C=O) groups is 1. The van der Waals surface area contributed by atoms with Crippen LogP contribution in [0.2, 0.25) is 0 Å². The third-order valence-corrected chi connectivity index (χ3v) is 8.51. The molecule has 0 aliphatic carbocycles. The Morgan fingerprint density at radius 3 is 2.49 bits per heavy atom. The van der Waals surface area contributed by atoms with Gasteiger partial charge in [-0.3, -0.25) is 4.98 Å². The zero-order valence-electron chi connectivity index (χ0n) is 25.2. The van der Waals surface area contributed by atoms with Crippen molar-refractivity contribution in [2.75, 3.05) is 24.6 Å². The molecule has 4 aromatic rings. The maximum absolute atomic E-state index is 13.6. The summed E-state index contributed by atoms with van der Waals surface area (Å²) in [4.78, 5) is 20.4. The number of pyridine rings is 1. The number of anilines is 1. The molecular weight excluding hydrogens is 510 g/mol. The van der Waals surface area contributed by atoms with Crippen LogP contribution in [0.15, 0.2) is 60.9 Å². The molecule has 3 heterocycles. The van der Waals surface area contributed by atoms with E-state index >= 15 is 0 Å². The first-order valence-electron chi connectivity index (χ1n) is 15.3. The minimum Gasteiger partial charge on any atom is -0.493 e. The molecule has 0 bridgehead atoms. The fourth-order valence-corrected chi connectivity index (χ4v) is 6.52. The molecule has 5 rings (SSSR count). The van der Waals surface area contributed by atoms with Crippen LogP contribution in [0.5, 0.6) is 5.75 Å². The van der Waals surface area contributed by atoms with E-state index in [0.717, 1.165) is 70.8 Å².